The molecule has 0 unspecified atom stereocenters. The summed E-state index contributed by atoms with van der Waals surface area (Å²) in [6.07, 6.45) is 3.45. The van der Waals surface area contributed by atoms with Gasteiger partial charge in [-0.2, -0.15) is 5.10 Å². The summed E-state index contributed by atoms with van der Waals surface area (Å²) in [5, 5.41) is 6.75. The number of carbonyl (C=O) groups excluding carboxylic acids is 1. The summed E-state index contributed by atoms with van der Waals surface area (Å²) >= 11 is 1.53. The highest BCUT2D eigenvalue weighted by molar-refractivity contribution is 7.98. The fourth-order valence-electron chi connectivity index (χ4n) is 1.61. The van der Waals surface area contributed by atoms with Gasteiger partial charge in [0.15, 0.2) is 5.82 Å². The minimum atomic E-state index is -0.185. The predicted molar refractivity (Wildman–Crippen MR) is 73.8 cm³/mol. The molecule has 5 nitrogen and oxygen atoms in total. The number of nitrogens with zero attached hydrogens (tertiary/aromatic N) is 2. The van der Waals surface area contributed by atoms with Crippen molar-refractivity contribution < 1.29 is 4.79 Å². The van der Waals surface area contributed by atoms with E-state index in [1.54, 1.807) is 13.1 Å². The predicted octanol–water partition coefficient (Wildman–Crippen LogP) is 1.98. The second-order valence-electron chi connectivity index (χ2n) is 3.73. The summed E-state index contributed by atoms with van der Waals surface area (Å²) in [7, 11) is 1.73. The summed E-state index contributed by atoms with van der Waals surface area (Å²) in [6, 6.07) is 7.43. The average Bonchev–Trinajstić information content (AvgIpc) is 2.70. The first-order chi connectivity index (χ1) is 8.63. The Kier molecular flexibility index (Phi) is 3.57. The highest BCUT2D eigenvalue weighted by atomic mass is 32.2. The standard InChI is InChI=1S/C12H14N4OS/c1-16-11(9(13)7-14-16)15-12(17)8-5-3-4-6-10(8)18-2/h3-7H,13H2,1-2H3,(H,15,17). The first kappa shape index (κ1) is 12.5. The van der Waals surface area contributed by atoms with Gasteiger partial charge in [0.1, 0.15) is 0 Å². The van der Waals surface area contributed by atoms with Crippen molar-refractivity contribution in [3.63, 3.8) is 0 Å². The van der Waals surface area contributed by atoms with Crippen molar-refractivity contribution in [2.24, 2.45) is 7.05 Å². The summed E-state index contributed by atoms with van der Waals surface area (Å²) in [5.74, 6) is 0.325. The molecular weight excluding hydrogens is 248 g/mol. The lowest BCUT2D eigenvalue weighted by Gasteiger charge is -2.09. The number of nitrogens with one attached hydrogen (secondary N) is 1. The molecule has 6 heteroatoms. The van der Waals surface area contributed by atoms with Crippen LogP contribution in [0.3, 0.4) is 0 Å². The smallest absolute Gasteiger partial charge is 0.258 e. The van der Waals surface area contributed by atoms with Crippen LogP contribution in [-0.2, 0) is 7.05 Å². The molecule has 0 aliphatic carbocycles. The van der Waals surface area contributed by atoms with Gasteiger partial charge in [-0.05, 0) is 18.4 Å². The number of hydrogen-bond donors (Lipinski definition) is 2. The quantitative estimate of drug-likeness (QED) is 0.830. The third kappa shape index (κ3) is 2.33. The SMILES string of the molecule is CSc1ccccc1C(=O)Nc1c(N)cnn1C. The van der Waals surface area contributed by atoms with Crippen molar-refractivity contribution >= 4 is 29.2 Å². The molecule has 0 aliphatic heterocycles. The fourth-order valence-corrected chi connectivity index (χ4v) is 2.21. The minimum Gasteiger partial charge on any atom is -0.394 e. The third-order valence-electron chi connectivity index (χ3n) is 2.55. The van der Waals surface area contributed by atoms with Crippen LogP contribution in [0.25, 0.3) is 0 Å². The number of nitrogen functional groups attached to an aromatic ring is 1. The van der Waals surface area contributed by atoms with Crippen LogP contribution in [0.15, 0.2) is 35.4 Å². The van der Waals surface area contributed by atoms with E-state index in [2.05, 4.69) is 10.4 Å². The second kappa shape index (κ2) is 5.14. The van der Waals surface area contributed by atoms with E-state index in [1.165, 1.54) is 22.6 Å². The molecule has 0 spiro atoms. The van der Waals surface area contributed by atoms with Gasteiger partial charge in [0.2, 0.25) is 0 Å². The number of anilines is 2. The summed E-state index contributed by atoms with van der Waals surface area (Å²) in [5.41, 5.74) is 6.82. The summed E-state index contributed by atoms with van der Waals surface area (Å²) in [4.78, 5) is 13.1. The first-order valence-corrected chi connectivity index (χ1v) is 6.57. The maximum absolute atomic E-state index is 12.2. The molecule has 0 atom stereocenters. The van der Waals surface area contributed by atoms with Crippen molar-refractivity contribution in [1.82, 2.24) is 9.78 Å². The Labute approximate surface area is 109 Å². The molecule has 0 radical (unpaired) electrons. The van der Waals surface area contributed by atoms with E-state index in [9.17, 15) is 4.79 Å². The Balaban J connectivity index is 2.28. The largest absolute Gasteiger partial charge is 0.394 e. The van der Waals surface area contributed by atoms with Gasteiger partial charge in [0, 0.05) is 11.9 Å². The molecule has 0 bridgehead atoms. The summed E-state index contributed by atoms with van der Waals surface area (Å²) < 4.78 is 1.54. The Bertz CT molecular complexity index is 560. The first-order valence-electron chi connectivity index (χ1n) is 5.35. The van der Waals surface area contributed by atoms with E-state index in [0.717, 1.165) is 4.90 Å². The van der Waals surface area contributed by atoms with Crippen molar-refractivity contribution in [2.75, 3.05) is 17.3 Å². The molecule has 0 saturated heterocycles. The van der Waals surface area contributed by atoms with E-state index >= 15 is 0 Å². The monoisotopic (exact) mass is 262 g/mol. The highest BCUT2D eigenvalue weighted by Crippen LogP contribution is 2.22. The molecule has 2 aromatic rings. The molecule has 0 aliphatic rings. The van der Waals surface area contributed by atoms with E-state index < -0.39 is 0 Å². The number of benzene rings is 1. The van der Waals surface area contributed by atoms with Gasteiger partial charge in [0.25, 0.3) is 5.91 Å². The molecule has 3 N–H and O–H groups in total. The van der Waals surface area contributed by atoms with Gasteiger partial charge in [-0.3, -0.25) is 9.48 Å². The highest BCUT2D eigenvalue weighted by Gasteiger charge is 2.14. The van der Waals surface area contributed by atoms with Gasteiger partial charge in [0.05, 0.1) is 17.4 Å². The van der Waals surface area contributed by atoms with E-state index in [1.807, 2.05) is 24.5 Å². The van der Waals surface area contributed by atoms with Crippen molar-refractivity contribution in [3.8, 4) is 0 Å². The topological polar surface area (TPSA) is 72.9 Å². The Morgan fingerprint density at radius 1 is 1.44 bits per heavy atom. The zero-order valence-electron chi connectivity index (χ0n) is 10.2. The number of aryl methyl sites for hydroxylation is 1. The van der Waals surface area contributed by atoms with Crippen molar-refractivity contribution in [2.45, 2.75) is 4.90 Å². The van der Waals surface area contributed by atoms with Gasteiger partial charge in [-0.15, -0.1) is 11.8 Å². The number of rotatable bonds is 3. The van der Waals surface area contributed by atoms with Gasteiger partial charge in [-0.1, -0.05) is 12.1 Å². The number of thioether (sulfide) groups is 1. The van der Waals surface area contributed by atoms with E-state index in [0.29, 0.717) is 17.1 Å². The van der Waals surface area contributed by atoms with Crippen LogP contribution in [0.4, 0.5) is 11.5 Å². The Morgan fingerprint density at radius 2 is 2.17 bits per heavy atom. The average molecular weight is 262 g/mol. The third-order valence-corrected chi connectivity index (χ3v) is 3.35. The van der Waals surface area contributed by atoms with Crippen LogP contribution in [0.5, 0.6) is 0 Å². The number of aromatic nitrogens is 2. The van der Waals surface area contributed by atoms with Crippen LogP contribution in [0.1, 0.15) is 10.4 Å². The lowest BCUT2D eigenvalue weighted by molar-refractivity contribution is 0.102. The van der Waals surface area contributed by atoms with Crippen LogP contribution in [-0.4, -0.2) is 21.9 Å². The molecular formula is C12H14N4OS. The van der Waals surface area contributed by atoms with Crippen molar-refractivity contribution in [3.05, 3.63) is 36.0 Å². The van der Waals surface area contributed by atoms with Crippen LogP contribution < -0.4 is 11.1 Å². The Morgan fingerprint density at radius 3 is 2.78 bits per heavy atom. The second-order valence-corrected chi connectivity index (χ2v) is 4.57. The van der Waals surface area contributed by atoms with Gasteiger partial charge >= 0.3 is 0 Å². The molecule has 0 fully saturated rings. The number of hydrogen-bond acceptors (Lipinski definition) is 4. The lowest BCUT2D eigenvalue weighted by atomic mass is 10.2. The molecule has 1 aromatic heterocycles. The Hall–Kier alpha value is -1.95. The molecule has 94 valence electrons. The normalized spacial score (nSPS) is 10.3. The van der Waals surface area contributed by atoms with E-state index in [-0.39, 0.29) is 5.91 Å². The number of nitrogens with two attached hydrogens (primary N) is 1. The minimum absolute atomic E-state index is 0.185. The van der Waals surface area contributed by atoms with Gasteiger partial charge in [-0.25, -0.2) is 0 Å². The van der Waals surface area contributed by atoms with Crippen LogP contribution in [0, 0.1) is 0 Å². The van der Waals surface area contributed by atoms with Gasteiger partial charge < -0.3 is 11.1 Å². The van der Waals surface area contributed by atoms with E-state index in [4.69, 9.17) is 5.73 Å². The van der Waals surface area contributed by atoms with Crippen LogP contribution in [0.2, 0.25) is 0 Å². The number of carbonyl (C=O) groups is 1. The maximum Gasteiger partial charge on any atom is 0.258 e. The molecule has 2 rings (SSSR count). The van der Waals surface area contributed by atoms with Crippen molar-refractivity contribution in [1.29, 1.82) is 0 Å². The molecule has 1 amide bonds. The maximum atomic E-state index is 12.2. The fraction of sp³-hybridized carbons (Fsp3) is 0.167. The molecule has 18 heavy (non-hydrogen) atoms. The molecule has 0 saturated carbocycles. The zero-order valence-corrected chi connectivity index (χ0v) is 11.0. The molecule has 1 heterocycles. The van der Waals surface area contributed by atoms with Crippen LogP contribution >= 0.6 is 11.8 Å². The zero-order chi connectivity index (χ0) is 13.1. The lowest BCUT2D eigenvalue weighted by Crippen LogP contribution is -2.16. The summed E-state index contributed by atoms with van der Waals surface area (Å²) in [6.45, 7) is 0. The number of amides is 1. The molecule has 1 aromatic carbocycles.